The average molecular weight is 280 g/mol. The zero-order valence-corrected chi connectivity index (χ0v) is 11.3. The molecule has 1 rings (SSSR count). The van der Waals surface area contributed by atoms with Crippen molar-refractivity contribution in [2.24, 2.45) is 0 Å². The van der Waals surface area contributed by atoms with Gasteiger partial charge in [-0.05, 0) is 24.6 Å². The van der Waals surface area contributed by atoms with E-state index in [1.165, 1.54) is 12.1 Å². The number of benzene rings is 1. The second kappa shape index (κ2) is 7.39. The Morgan fingerprint density at radius 2 is 2.16 bits per heavy atom. The van der Waals surface area contributed by atoms with E-state index in [0.29, 0.717) is 17.8 Å². The van der Waals surface area contributed by atoms with Crippen LogP contribution in [0.15, 0.2) is 18.2 Å². The summed E-state index contributed by atoms with van der Waals surface area (Å²) >= 11 is 5.99. The van der Waals surface area contributed by atoms with E-state index in [1.807, 2.05) is 6.92 Å². The van der Waals surface area contributed by atoms with Crippen molar-refractivity contribution >= 4 is 29.1 Å². The average Bonchev–Trinajstić information content (AvgIpc) is 2.36. The third-order valence-electron chi connectivity index (χ3n) is 2.27. The van der Waals surface area contributed by atoms with Crippen molar-refractivity contribution in [2.75, 3.05) is 11.9 Å². The predicted molar refractivity (Wildman–Crippen MR) is 72.9 cm³/mol. The molecule has 1 aromatic rings. The van der Waals surface area contributed by atoms with Gasteiger partial charge in [-0.2, -0.15) is 5.26 Å². The summed E-state index contributed by atoms with van der Waals surface area (Å²) in [4.78, 5) is 23.0. The third-order valence-corrected chi connectivity index (χ3v) is 2.59. The van der Waals surface area contributed by atoms with Gasteiger partial charge >= 0.3 is 0 Å². The molecule has 0 saturated heterocycles. The minimum Gasteiger partial charge on any atom is -0.352 e. The van der Waals surface area contributed by atoms with Gasteiger partial charge in [0.05, 0.1) is 16.7 Å². The van der Waals surface area contributed by atoms with E-state index in [4.69, 9.17) is 16.9 Å². The van der Waals surface area contributed by atoms with Gasteiger partial charge in [-0.25, -0.2) is 0 Å². The number of carbonyl (C=O) groups is 2. The van der Waals surface area contributed by atoms with E-state index in [2.05, 4.69) is 10.6 Å². The van der Waals surface area contributed by atoms with Gasteiger partial charge in [0.1, 0.15) is 6.42 Å². The highest BCUT2D eigenvalue weighted by Crippen LogP contribution is 2.21. The van der Waals surface area contributed by atoms with Crippen molar-refractivity contribution < 1.29 is 9.59 Å². The number of nitrogens with one attached hydrogen (secondary N) is 2. The monoisotopic (exact) mass is 279 g/mol. The Bertz CT molecular complexity index is 523. The molecular weight excluding hydrogens is 266 g/mol. The zero-order valence-electron chi connectivity index (χ0n) is 10.5. The molecule has 0 heterocycles. The summed E-state index contributed by atoms with van der Waals surface area (Å²) < 4.78 is 0. The van der Waals surface area contributed by atoms with Crippen LogP contribution < -0.4 is 10.6 Å². The summed E-state index contributed by atoms with van der Waals surface area (Å²) in [6.07, 6.45) is 0.613. The van der Waals surface area contributed by atoms with Crippen LogP contribution in [0.2, 0.25) is 5.02 Å². The van der Waals surface area contributed by atoms with Crippen molar-refractivity contribution in [3.05, 3.63) is 28.8 Å². The molecule has 0 fully saturated rings. The van der Waals surface area contributed by atoms with Gasteiger partial charge in [0, 0.05) is 12.2 Å². The molecule has 5 nitrogen and oxygen atoms in total. The molecular formula is C13H14ClN3O2. The van der Waals surface area contributed by atoms with E-state index in [1.54, 1.807) is 12.1 Å². The maximum atomic E-state index is 11.7. The number of carbonyl (C=O) groups excluding carboxylic acids is 2. The molecule has 0 unspecified atom stereocenters. The number of nitrogens with zero attached hydrogens (tertiary/aromatic N) is 1. The Balaban J connectivity index is 2.77. The number of hydrogen-bond acceptors (Lipinski definition) is 3. The molecule has 6 heteroatoms. The van der Waals surface area contributed by atoms with Crippen molar-refractivity contribution in [1.29, 1.82) is 5.26 Å². The first-order valence-corrected chi connectivity index (χ1v) is 6.20. The molecule has 0 aliphatic heterocycles. The number of hydrogen-bond donors (Lipinski definition) is 2. The van der Waals surface area contributed by atoms with E-state index in [-0.39, 0.29) is 17.4 Å². The Hall–Kier alpha value is -2.06. The first-order valence-electron chi connectivity index (χ1n) is 5.83. The van der Waals surface area contributed by atoms with Crippen LogP contribution in [0.4, 0.5) is 5.69 Å². The lowest BCUT2D eigenvalue weighted by Gasteiger charge is -2.08. The smallest absolute Gasteiger partial charge is 0.252 e. The summed E-state index contributed by atoms with van der Waals surface area (Å²) in [5.41, 5.74) is 0.811. The van der Waals surface area contributed by atoms with Crippen LogP contribution in [0.3, 0.4) is 0 Å². The summed E-state index contributed by atoms with van der Waals surface area (Å²) in [5, 5.41) is 13.9. The van der Waals surface area contributed by atoms with Crippen LogP contribution in [0.25, 0.3) is 0 Å². The van der Waals surface area contributed by atoms with Gasteiger partial charge in [-0.15, -0.1) is 0 Å². The van der Waals surface area contributed by atoms with Gasteiger partial charge in [-0.3, -0.25) is 9.59 Å². The highest BCUT2D eigenvalue weighted by Gasteiger charge is 2.11. The second-order valence-electron chi connectivity index (χ2n) is 3.83. The molecule has 0 radical (unpaired) electrons. The van der Waals surface area contributed by atoms with Crippen molar-refractivity contribution in [3.63, 3.8) is 0 Å². The Labute approximate surface area is 116 Å². The van der Waals surface area contributed by atoms with Gasteiger partial charge in [-0.1, -0.05) is 18.5 Å². The number of halogens is 1. The lowest BCUT2D eigenvalue weighted by atomic mass is 10.2. The van der Waals surface area contributed by atoms with Gasteiger partial charge in [0.2, 0.25) is 5.91 Å². The minimum absolute atomic E-state index is 0.226. The van der Waals surface area contributed by atoms with Crippen molar-refractivity contribution in [1.82, 2.24) is 5.32 Å². The van der Waals surface area contributed by atoms with Crippen LogP contribution >= 0.6 is 11.6 Å². The Kier molecular flexibility index (Phi) is 5.83. The van der Waals surface area contributed by atoms with Crippen LogP contribution in [-0.2, 0) is 4.79 Å². The molecule has 0 saturated carbocycles. The fraction of sp³-hybridized carbons (Fsp3) is 0.308. The lowest BCUT2D eigenvalue weighted by molar-refractivity contribution is -0.115. The third kappa shape index (κ3) is 4.60. The highest BCUT2D eigenvalue weighted by atomic mass is 35.5. The molecule has 0 spiro atoms. The van der Waals surface area contributed by atoms with Crippen LogP contribution in [0.5, 0.6) is 0 Å². The SMILES string of the molecule is CCCNC(=O)c1ccc(NC(=O)CC#N)cc1Cl. The molecule has 19 heavy (non-hydrogen) atoms. The molecule has 100 valence electrons. The van der Waals surface area contributed by atoms with Crippen LogP contribution in [0.1, 0.15) is 30.1 Å². The fourth-order valence-electron chi connectivity index (χ4n) is 1.39. The standard InChI is InChI=1S/C13H14ClN3O2/c1-2-7-16-13(19)10-4-3-9(8-11(10)14)17-12(18)5-6-15/h3-4,8H,2,5,7H2,1H3,(H,16,19)(H,17,18). The first-order chi connectivity index (χ1) is 9.08. The maximum absolute atomic E-state index is 11.7. The number of anilines is 1. The Morgan fingerprint density at radius 1 is 1.42 bits per heavy atom. The number of rotatable bonds is 5. The number of amides is 2. The van der Waals surface area contributed by atoms with Gasteiger partial charge in [0.15, 0.2) is 0 Å². The summed E-state index contributed by atoms with van der Waals surface area (Å²) in [5.74, 6) is -0.663. The summed E-state index contributed by atoms with van der Waals surface area (Å²) in [6.45, 7) is 2.53. The van der Waals surface area contributed by atoms with Crippen LogP contribution in [-0.4, -0.2) is 18.4 Å². The van der Waals surface area contributed by atoms with E-state index >= 15 is 0 Å². The largest absolute Gasteiger partial charge is 0.352 e. The van der Waals surface area contributed by atoms with Crippen molar-refractivity contribution in [2.45, 2.75) is 19.8 Å². The Morgan fingerprint density at radius 3 is 2.74 bits per heavy atom. The summed E-state index contributed by atoms with van der Waals surface area (Å²) in [6, 6.07) is 6.34. The lowest BCUT2D eigenvalue weighted by Crippen LogP contribution is -2.24. The van der Waals surface area contributed by atoms with Gasteiger partial charge in [0.25, 0.3) is 5.91 Å². The molecule has 1 aromatic carbocycles. The van der Waals surface area contributed by atoms with Crippen LogP contribution in [0, 0.1) is 11.3 Å². The predicted octanol–water partition coefficient (Wildman–Crippen LogP) is 2.33. The molecule has 0 aliphatic rings. The molecule has 0 aromatic heterocycles. The first kappa shape index (κ1) is 15.0. The topological polar surface area (TPSA) is 82.0 Å². The molecule has 2 N–H and O–H groups in total. The van der Waals surface area contributed by atoms with Crippen molar-refractivity contribution in [3.8, 4) is 6.07 Å². The zero-order chi connectivity index (χ0) is 14.3. The fourth-order valence-corrected chi connectivity index (χ4v) is 1.65. The minimum atomic E-state index is -0.415. The quantitative estimate of drug-likeness (QED) is 0.868. The molecule has 0 atom stereocenters. The molecule has 0 aliphatic carbocycles. The van der Waals surface area contributed by atoms with E-state index in [9.17, 15) is 9.59 Å². The second-order valence-corrected chi connectivity index (χ2v) is 4.24. The normalized spacial score (nSPS) is 9.53. The van der Waals surface area contributed by atoms with E-state index < -0.39 is 5.91 Å². The highest BCUT2D eigenvalue weighted by molar-refractivity contribution is 6.34. The molecule has 2 amide bonds. The summed E-state index contributed by atoms with van der Waals surface area (Å²) in [7, 11) is 0. The van der Waals surface area contributed by atoms with E-state index in [0.717, 1.165) is 6.42 Å². The van der Waals surface area contributed by atoms with Gasteiger partial charge < -0.3 is 10.6 Å². The maximum Gasteiger partial charge on any atom is 0.252 e. The number of nitriles is 1. The molecule has 0 bridgehead atoms.